The van der Waals surface area contributed by atoms with Gasteiger partial charge in [0, 0.05) is 25.0 Å². The minimum absolute atomic E-state index is 0.314. The molecule has 0 amide bonds. The highest BCUT2D eigenvalue weighted by molar-refractivity contribution is 5.55. The van der Waals surface area contributed by atoms with Crippen LogP contribution in [0.1, 0.15) is 6.42 Å². The Morgan fingerprint density at radius 1 is 1.57 bits per heavy atom. The molecule has 0 aliphatic carbocycles. The molecule has 2 aliphatic heterocycles. The predicted molar refractivity (Wildman–Crippen MR) is 51.7 cm³/mol. The Bertz CT molecular complexity index is 254. The maximum Gasteiger partial charge on any atom is 0.130 e. The minimum Gasteiger partial charge on any atom is -0.325 e. The molecule has 0 aromatic carbocycles. The SMILES string of the molecule is NC1CCN(N2C=NC=CN2)CC1F. The van der Waals surface area contributed by atoms with Crippen LogP contribution in [-0.4, -0.2) is 41.8 Å². The Kier molecular flexibility index (Phi) is 2.64. The van der Waals surface area contributed by atoms with Crippen LogP contribution in [-0.2, 0) is 0 Å². The molecular formula is C8H14FN5. The summed E-state index contributed by atoms with van der Waals surface area (Å²) in [6.07, 6.45) is 4.64. The van der Waals surface area contributed by atoms with Crippen LogP contribution in [0, 0.1) is 0 Å². The van der Waals surface area contributed by atoms with Gasteiger partial charge in [-0.1, -0.05) is 0 Å². The molecule has 2 atom stereocenters. The van der Waals surface area contributed by atoms with Gasteiger partial charge in [0.15, 0.2) is 0 Å². The molecule has 0 bridgehead atoms. The summed E-state index contributed by atoms with van der Waals surface area (Å²) in [6, 6.07) is -0.330. The van der Waals surface area contributed by atoms with Crippen molar-refractivity contribution in [3.8, 4) is 0 Å². The van der Waals surface area contributed by atoms with Crippen LogP contribution in [0.3, 0.4) is 0 Å². The van der Waals surface area contributed by atoms with E-state index in [9.17, 15) is 4.39 Å². The van der Waals surface area contributed by atoms with Gasteiger partial charge in [-0.15, -0.1) is 0 Å². The number of nitrogens with two attached hydrogens (primary N) is 1. The van der Waals surface area contributed by atoms with Gasteiger partial charge in [-0.05, 0) is 6.42 Å². The third-order valence-corrected chi connectivity index (χ3v) is 2.42. The topological polar surface area (TPSA) is 56.9 Å². The Morgan fingerprint density at radius 2 is 2.43 bits per heavy atom. The van der Waals surface area contributed by atoms with Crippen LogP contribution < -0.4 is 11.2 Å². The van der Waals surface area contributed by atoms with Crippen molar-refractivity contribution in [2.24, 2.45) is 10.7 Å². The molecule has 6 heteroatoms. The van der Waals surface area contributed by atoms with Crippen LogP contribution in [0.5, 0.6) is 0 Å². The van der Waals surface area contributed by atoms with Gasteiger partial charge in [-0.2, -0.15) is 5.01 Å². The molecule has 1 fully saturated rings. The summed E-state index contributed by atoms with van der Waals surface area (Å²) in [5, 5.41) is 3.53. The molecular weight excluding hydrogens is 185 g/mol. The van der Waals surface area contributed by atoms with E-state index in [1.54, 1.807) is 23.9 Å². The van der Waals surface area contributed by atoms with Crippen LogP contribution in [0.15, 0.2) is 17.4 Å². The standard InChI is InChI=1S/C8H14FN5/c9-7-5-13(4-1-8(7)10)14-6-11-2-3-12-14/h2-3,6-8,12H,1,4-5,10H2. The van der Waals surface area contributed by atoms with Gasteiger partial charge in [-0.3, -0.25) is 5.43 Å². The number of nitrogens with one attached hydrogen (secondary N) is 1. The molecule has 0 radical (unpaired) electrons. The summed E-state index contributed by atoms with van der Waals surface area (Å²) in [5.41, 5.74) is 8.53. The van der Waals surface area contributed by atoms with Crippen molar-refractivity contribution in [2.75, 3.05) is 13.1 Å². The molecule has 0 aromatic rings. The number of hydrogen-bond acceptors (Lipinski definition) is 5. The van der Waals surface area contributed by atoms with E-state index < -0.39 is 6.17 Å². The molecule has 3 N–H and O–H groups in total. The van der Waals surface area contributed by atoms with Crippen molar-refractivity contribution in [1.82, 2.24) is 15.6 Å². The first-order valence-electron chi connectivity index (χ1n) is 4.65. The summed E-state index contributed by atoms with van der Waals surface area (Å²) >= 11 is 0. The first-order valence-corrected chi connectivity index (χ1v) is 4.65. The minimum atomic E-state index is -0.968. The summed E-state index contributed by atoms with van der Waals surface area (Å²) in [6.45, 7) is 1.06. The van der Waals surface area contributed by atoms with E-state index in [0.29, 0.717) is 13.0 Å². The fourth-order valence-electron chi connectivity index (χ4n) is 1.55. The molecule has 0 saturated carbocycles. The molecule has 2 rings (SSSR count). The number of alkyl halides is 1. The first kappa shape index (κ1) is 9.42. The molecule has 0 spiro atoms. The summed E-state index contributed by atoms with van der Waals surface area (Å²) in [5.74, 6) is 0. The Morgan fingerprint density at radius 3 is 3.07 bits per heavy atom. The van der Waals surface area contributed by atoms with Crippen molar-refractivity contribution in [2.45, 2.75) is 18.6 Å². The van der Waals surface area contributed by atoms with Crippen LogP contribution >= 0.6 is 0 Å². The lowest BCUT2D eigenvalue weighted by Crippen LogP contribution is -2.57. The zero-order valence-electron chi connectivity index (χ0n) is 7.81. The Balaban J connectivity index is 1.93. The van der Waals surface area contributed by atoms with E-state index >= 15 is 0 Å². The molecule has 78 valence electrons. The number of hydrazine groups is 2. The van der Waals surface area contributed by atoms with Gasteiger partial charge in [0.1, 0.15) is 12.5 Å². The van der Waals surface area contributed by atoms with Gasteiger partial charge in [0.05, 0.1) is 6.54 Å². The van der Waals surface area contributed by atoms with Crippen LogP contribution in [0.2, 0.25) is 0 Å². The monoisotopic (exact) mass is 199 g/mol. The van der Waals surface area contributed by atoms with Gasteiger partial charge in [0.2, 0.25) is 0 Å². The molecule has 2 heterocycles. The third-order valence-electron chi connectivity index (χ3n) is 2.42. The predicted octanol–water partition coefficient (Wildman–Crippen LogP) is -0.408. The fraction of sp³-hybridized carbons (Fsp3) is 0.625. The summed E-state index contributed by atoms with van der Waals surface area (Å²) in [4.78, 5) is 3.94. The fourth-order valence-corrected chi connectivity index (χ4v) is 1.55. The molecule has 14 heavy (non-hydrogen) atoms. The molecule has 1 saturated heterocycles. The van der Waals surface area contributed by atoms with Crippen molar-refractivity contribution in [1.29, 1.82) is 0 Å². The van der Waals surface area contributed by atoms with Gasteiger partial charge >= 0.3 is 0 Å². The van der Waals surface area contributed by atoms with E-state index in [0.717, 1.165) is 6.54 Å². The maximum atomic E-state index is 13.3. The van der Waals surface area contributed by atoms with E-state index in [1.807, 2.05) is 5.01 Å². The molecule has 5 nitrogen and oxygen atoms in total. The summed E-state index contributed by atoms with van der Waals surface area (Å²) in [7, 11) is 0. The number of piperidine rings is 1. The average Bonchev–Trinajstić information content (AvgIpc) is 2.23. The van der Waals surface area contributed by atoms with Crippen molar-refractivity contribution < 1.29 is 4.39 Å². The second-order valence-corrected chi connectivity index (χ2v) is 3.44. The Hall–Kier alpha value is -1.14. The zero-order chi connectivity index (χ0) is 9.97. The zero-order valence-corrected chi connectivity index (χ0v) is 7.81. The van der Waals surface area contributed by atoms with Gasteiger partial charge < -0.3 is 5.73 Å². The summed E-state index contributed by atoms with van der Waals surface area (Å²) < 4.78 is 13.3. The number of aliphatic imine (C=N–C) groups is 1. The van der Waals surface area contributed by atoms with Crippen molar-refractivity contribution >= 4 is 6.34 Å². The number of halogens is 1. The third kappa shape index (κ3) is 1.85. The van der Waals surface area contributed by atoms with E-state index in [-0.39, 0.29) is 6.04 Å². The lowest BCUT2D eigenvalue weighted by atomic mass is 10.1. The van der Waals surface area contributed by atoms with Gasteiger partial charge in [-0.25, -0.2) is 14.5 Å². The lowest BCUT2D eigenvalue weighted by Gasteiger charge is -2.39. The smallest absolute Gasteiger partial charge is 0.130 e. The number of hydrogen-bond donors (Lipinski definition) is 2. The largest absolute Gasteiger partial charge is 0.325 e. The Labute approximate surface area is 82.0 Å². The maximum absolute atomic E-state index is 13.3. The van der Waals surface area contributed by atoms with Crippen molar-refractivity contribution in [3.05, 3.63) is 12.4 Å². The molecule has 2 aliphatic rings. The van der Waals surface area contributed by atoms with E-state index in [4.69, 9.17) is 5.73 Å². The van der Waals surface area contributed by atoms with Crippen LogP contribution in [0.4, 0.5) is 4.39 Å². The first-order chi connectivity index (χ1) is 6.77. The van der Waals surface area contributed by atoms with E-state index in [2.05, 4.69) is 10.4 Å². The highest BCUT2D eigenvalue weighted by Crippen LogP contribution is 2.13. The van der Waals surface area contributed by atoms with Gasteiger partial charge in [0.25, 0.3) is 0 Å². The molecule has 0 aromatic heterocycles. The normalized spacial score (nSPS) is 33.1. The quantitative estimate of drug-likeness (QED) is 0.603. The highest BCUT2D eigenvalue weighted by Gasteiger charge is 2.28. The van der Waals surface area contributed by atoms with E-state index in [1.165, 1.54) is 0 Å². The number of rotatable bonds is 1. The highest BCUT2D eigenvalue weighted by atomic mass is 19.1. The lowest BCUT2D eigenvalue weighted by molar-refractivity contribution is -0.0320. The van der Waals surface area contributed by atoms with Crippen LogP contribution in [0.25, 0.3) is 0 Å². The second kappa shape index (κ2) is 3.93. The molecule has 2 unspecified atom stereocenters. The average molecular weight is 199 g/mol. The second-order valence-electron chi connectivity index (χ2n) is 3.44. The number of nitrogens with zero attached hydrogens (tertiary/aromatic N) is 3. The van der Waals surface area contributed by atoms with Crippen molar-refractivity contribution in [3.63, 3.8) is 0 Å².